The number of ether oxygens (including phenoxy) is 1. The van der Waals surface area contributed by atoms with E-state index in [9.17, 15) is 4.79 Å². The van der Waals surface area contributed by atoms with Gasteiger partial charge >= 0.3 is 5.97 Å². The van der Waals surface area contributed by atoms with Crippen LogP contribution in [0.15, 0.2) is 0 Å². The molecule has 1 fully saturated rings. The van der Waals surface area contributed by atoms with E-state index in [-0.39, 0.29) is 12.0 Å². The van der Waals surface area contributed by atoms with Crippen molar-refractivity contribution in [1.29, 1.82) is 0 Å². The van der Waals surface area contributed by atoms with Gasteiger partial charge in [0, 0.05) is 0 Å². The fourth-order valence-corrected chi connectivity index (χ4v) is 1.47. The zero-order valence-electron chi connectivity index (χ0n) is 9.38. The average molecular weight is 199 g/mol. The third kappa shape index (κ3) is 3.29. The van der Waals surface area contributed by atoms with Crippen molar-refractivity contribution < 1.29 is 9.53 Å². The van der Waals surface area contributed by atoms with Gasteiger partial charge in [0.2, 0.25) is 0 Å². The van der Waals surface area contributed by atoms with E-state index in [1.807, 2.05) is 0 Å². The maximum Gasteiger partial charge on any atom is 0.323 e. The zero-order valence-corrected chi connectivity index (χ0v) is 9.38. The molecule has 0 bridgehead atoms. The highest BCUT2D eigenvalue weighted by Crippen LogP contribution is 2.33. The van der Waals surface area contributed by atoms with Crippen molar-refractivity contribution in [3.63, 3.8) is 0 Å². The van der Waals surface area contributed by atoms with E-state index in [0.717, 1.165) is 25.8 Å². The van der Waals surface area contributed by atoms with Gasteiger partial charge in [0.25, 0.3) is 0 Å². The van der Waals surface area contributed by atoms with Crippen LogP contribution in [0, 0.1) is 11.8 Å². The molecule has 1 N–H and O–H groups in total. The Balaban J connectivity index is 2.32. The summed E-state index contributed by atoms with van der Waals surface area (Å²) in [5.74, 6) is 1.04. The second-order valence-corrected chi connectivity index (χ2v) is 4.26. The van der Waals surface area contributed by atoms with Gasteiger partial charge in [-0.1, -0.05) is 20.3 Å². The van der Waals surface area contributed by atoms with E-state index in [4.69, 9.17) is 4.74 Å². The molecule has 1 rings (SSSR count). The quantitative estimate of drug-likeness (QED) is 0.660. The molecule has 0 heterocycles. The Kier molecular flexibility index (Phi) is 4.39. The normalized spacial score (nSPS) is 20.2. The average Bonchev–Trinajstić information content (AvgIpc) is 3.01. The van der Waals surface area contributed by atoms with Gasteiger partial charge in [-0.2, -0.15) is 0 Å². The van der Waals surface area contributed by atoms with Crippen molar-refractivity contribution in [3.05, 3.63) is 0 Å². The van der Waals surface area contributed by atoms with Crippen molar-refractivity contribution in [3.8, 4) is 0 Å². The monoisotopic (exact) mass is 199 g/mol. The molecular weight excluding hydrogens is 178 g/mol. The number of nitrogens with one attached hydrogen (secondary N) is 1. The van der Waals surface area contributed by atoms with Gasteiger partial charge in [-0.25, -0.2) is 0 Å². The molecule has 0 radical (unpaired) electrons. The number of rotatable bonds is 6. The number of carbonyl (C=O) groups is 1. The van der Waals surface area contributed by atoms with Crippen molar-refractivity contribution in [2.24, 2.45) is 11.8 Å². The number of esters is 1. The van der Waals surface area contributed by atoms with Crippen molar-refractivity contribution in [2.75, 3.05) is 13.7 Å². The maximum atomic E-state index is 11.4. The van der Waals surface area contributed by atoms with Gasteiger partial charge in [-0.05, 0) is 31.2 Å². The Labute approximate surface area is 86.2 Å². The summed E-state index contributed by atoms with van der Waals surface area (Å²) in [7, 11) is 1.46. The molecule has 0 saturated heterocycles. The summed E-state index contributed by atoms with van der Waals surface area (Å²) < 4.78 is 4.78. The minimum atomic E-state index is -0.101. The molecule has 1 aliphatic rings. The minimum absolute atomic E-state index is 0.0611. The molecule has 0 aromatic carbocycles. The molecule has 0 amide bonds. The molecule has 0 aromatic rings. The Morgan fingerprint density at radius 2 is 2.21 bits per heavy atom. The fourth-order valence-electron chi connectivity index (χ4n) is 1.47. The first-order valence-electron chi connectivity index (χ1n) is 5.50. The summed E-state index contributed by atoms with van der Waals surface area (Å²) in [6.07, 6.45) is 3.46. The smallest absolute Gasteiger partial charge is 0.323 e. The standard InChI is InChI=1S/C11H21NO2/c1-4-8(2)7-12-10(9-5-6-9)11(13)14-3/h8-10,12H,4-7H2,1-3H3. The molecule has 3 nitrogen and oxygen atoms in total. The van der Waals surface area contributed by atoms with E-state index < -0.39 is 0 Å². The first-order valence-corrected chi connectivity index (χ1v) is 5.50. The highest BCUT2D eigenvalue weighted by atomic mass is 16.5. The van der Waals surface area contributed by atoms with Crippen LogP contribution in [0.4, 0.5) is 0 Å². The van der Waals surface area contributed by atoms with Crippen LogP contribution in [0.5, 0.6) is 0 Å². The molecule has 14 heavy (non-hydrogen) atoms. The molecule has 82 valence electrons. The first kappa shape index (κ1) is 11.5. The Bertz CT molecular complexity index is 190. The van der Waals surface area contributed by atoms with Gasteiger partial charge in [-0.15, -0.1) is 0 Å². The predicted octanol–water partition coefficient (Wildman–Crippen LogP) is 1.57. The maximum absolute atomic E-state index is 11.4. The summed E-state index contributed by atoms with van der Waals surface area (Å²) in [5, 5.41) is 3.31. The summed E-state index contributed by atoms with van der Waals surface area (Å²) in [6, 6.07) is -0.0611. The summed E-state index contributed by atoms with van der Waals surface area (Å²) in [5.41, 5.74) is 0. The van der Waals surface area contributed by atoms with Crippen LogP contribution in [0.1, 0.15) is 33.1 Å². The SMILES string of the molecule is CCC(C)CNC(C(=O)OC)C1CC1. The number of methoxy groups -OCH3 is 1. The molecule has 1 aliphatic carbocycles. The van der Waals surface area contributed by atoms with E-state index in [2.05, 4.69) is 19.2 Å². The lowest BCUT2D eigenvalue weighted by molar-refractivity contribution is -0.143. The minimum Gasteiger partial charge on any atom is -0.468 e. The van der Waals surface area contributed by atoms with Gasteiger partial charge in [-0.3, -0.25) is 4.79 Å². The molecule has 0 spiro atoms. The summed E-state index contributed by atoms with van der Waals surface area (Å²) in [4.78, 5) is 11.4. The second kappa shape index (κ2) is 5.35. The first-order chi connectivity index (χ1) is 6.69. The van der Waals surface area contributed by atoms with Gasteiger partial charge in [0.15, 0.2) is 0 Å². The van der Waals surface area contributed by atoms with Crippen LogP contribution in [0.3, 0.4) is 0 Å². The second-order valence-electron chi connectivity index (χ2n) is 4.26. The van der Waals surface area contributed by atoms with E-state index in [1.54, 1.807) is 0 Å². The van der Waals surface area contributed by atoms with Gasteiger partial charge in [0.1, 0.15) is 6.04 Å². The van der Waals surface area contributed by atoms with E-state index in [1.165, 1.54) is 7.11 Å². The third-order valence-corrected chi connectivity index (χ3v) is 2.93. The van der Waals surface area contributed by atoms with Gasteiger partial charge in [0.05, 0.1) is 7.11 Å². The molecule has 1 saturated carbocycles. The lowest BCUT2D eigenvalue weighted by Crippen LogP contribution is -2.41. The summed E-state index contributed by atoms with van der Waals surface area (Å²) >= 11 is 0. The Hall–Kier alpha value is -0.570. The third-order valence-electron chi connectivity index (χ3n) is 2.93. The van der Waals surface area contributed by atoms with Crippen LogP contribution in [0.25, 0.3) is 0 Å². The highest BCUT2D eigenvalue weighted by Gasteiger charge is 2.36. The van der Waals surface area contributed by atoms with Crippen molar-refractivity contribution >= 4 is 5.97 Å². The van der Waals surface area contributed by atoms with Crippen LogP contribution >= 0.6 is 0 Å². The lowest BCUT2D eigenvalue weighted by Gasteiger charge is -2.18. The summed E-state index contributed by atoms with van der Waals surface area (Å²) in [6.45, 7) is 5.26. The molecule has 2 unspecified atom stereocenters. The number of hydrogen-bond donors (Lipinski definition) is 1. The fraction of sp³-hybridized carbons (Fsp3) is 0.909. The van der Waals surface area contributed by atoms with Gasteiger partial charge < -0.3 is 10.1 Å². The topological polar surface area (TPSA) is 38.3 Å². The molecule has 0 aliphatic heterocycles. The van der Waals surface area contributed by atoms with Crippen LogP contribution in [-0.2, 0) is 9.53 Å². The zero-order chi connectivity index (χ0) is 10.6. The predicted molar refractivity (Wildman–Crippen MR) is 56.0 cm³/mol. The van der Waals surface area contributed by atoms with Crippen LogP contribution < -0.4 is 5.32 Å². The van der Waals surface area contributed by atoms with Crippen molar-refractivity contribution in [1.82, 2.24) is 5.32 Å². The number of hydrogen-bond acceptors (Lipinski definition) is 3. The van der Waals surface area contributed by atoms with Crippen LogP contribution in [-0.4, -0.2) is 25.7 Å². The highest BCUT2D eigenvalue weighted by molar-refractivity contribution is 5.76. The largest absolute Gasteiger partial charge is 0.468 e. The molecular formula is C11H21NO2. The van der Waals surface area contributed by atoms with Crippen molar-refractivity contribution in [2.45, 2.75) is 39.2 Å². The van der Waals surface area contributed by atoms with Crippen LogP contribution in [0.2, 0.25) is 0 Å². The Morgan fingerprint density at radius 1 is 1.57 bits per heavy atom. The lowest BCUT2D eigenvalue weighted by atomic mass is 10.1. The number of carbonyl (C=O) groups excluding carboxylic acids is 1. The molecule has 0 aromatic heterocycles. The van der Waals surface area contributed by atoms with E-state index in [0.29, 0.717) is 11.8 Å². The van der Waals surface area contributed by atoms with E-state index >= 15 is 0 Å². The molecule has 2 atom stereocenters. The molecule has 3 heteroatoms. The Morgan fingerprint density at radius 3 is 2.64 bits per heavy atom.